The highest BCUT2D eigenvalue weighted by Crippen LogP contribution is 2.34. The third-order valence-corrected chi connectivity index (χ3v) is 6.41. The van der Waals surface area contributed by atoms with E-state index < -0.39 is 5.97 Å². The number of carbonyl (C=O) groups excluding carboxylic acids is 1. The van der Waals surface area contributed by atoms with Crippen LogP contribution < -0.4 is 0 Å². The van der Waals surface area contributed by atoms with Crippen LogP contribution in [0, 0.1) is 0 Å². The number of para-hydroxylation sites is 1. The van der Waals surface area contributed by atoms with E-state index in [1.165, 1.54) is 22.7 Å². The number of thiophene rings is 1. The summed E-state index contributed by atoms with van der Waals surface area (Å²) in [6, 6.07) is 14.5. The number of ketones is 1. The Kier molecular flexibility index (Phi) is 4.78. The molecule has 0 spiro atoms. The van der Waals surface area contributed by atoms with Crippen LogP contribution in [-0.4, -0.2) is 21.8 Å². The van der Waals surface area contributed by atoms with Crippen molar-refractivity contribution in [1.29, 1.82) is 0 Å². The van der Waals surface area contributed by atoms with Crippen LogP contribution in [-0.2, 0) is 6.42 Å². The van der Waals surface area contributed by atoms with Crippen molar-refractivity contribution in [2.24, 2.45) is 0 Å². The lowest BCUT2D eigenvalue weighted by Crippen LogP contribution is -2.07. The van der Waals surface area contributed by atoms with Gasteiger partial charge in [-0.25, -0.2) is 9.78 Å². The summed E-state index contributed by atoms with van der Waals surface area (Å²) in [6.07, 6.45) is 0.0136. The number of rotatable bonds is 5. The van der Waals surface area contributed by atoms with Crippen molar-refractivity contribution in [2.45, 2.75) is 6.42 Å². The summed E-state index contributed by atoms with van der Waals surface area (Å²) >= 11 is 8.51. The Morgan fingerprint density at radius 3 is 2.52 bits per heavy atom. The molecule has 7 heteroatoms. The Morgan fingerprint density at radius 2 is 1.81 bits per heavy atom. The highest BCUT2D eigenvalue weighted by atomic mass is 35.5. The fourth-order valence-corrected chi connectivity index (χ4v) is 4.89. The van der Waals surface area contributed by atoms with E-state index >= 15 is 0 Å². The number of carbonyl (C=O) groups is 2. The number of fused-ring (bicyclic) bond motifs is 1. The molecule has 1 N–H and O–H groups in total. The summed E-state index contributed by atoms with van der Waals surface area (Å²) in [5.74, 6) is -1.23. The molecule has 0 aliphatic rings. The highest BCUT2D eigenvalue weighted by molar-refractivity contribution is 7.20. The maximum absolute atomic E-state index is 12.7. The first-order chi connectivity index (χ1) is 13.0. The van der Waals surface area contributed by atoms with Gasteiger partial charge in [-0.3, -0.25) is 4.79 Å². The fraction of sp³-hybridized carbons (Fsp3) is 0.0500. The number of carboxylic acids is 1. The van der Waals surface area contributed by atoms with Crippen molar-refractivity contribution in [2.75, 3.05) is 0 Å². The number of nitrogens with zero attached hydrogens (tertiary/aromatic N) is 1. The first-order valence-corrected chi connectivity index (χ1v) is 10.1. The van der Waals surface area contributed by atoms with Gasteiger partial charge in [0.05, 0.1) is 15.8 Å². The number of hydrogen-bond acceptors (Lipinski definition) is 5. The van der Waals surface area contributed by atoms with Gasteiger partial charge in [-0.2, -0.15) is 0 Å². The Bertz CT molecular complexity index is 1130. The van der Waals surface area contributed by atoms with Crippen molar-refractivity contribution in [3.63, 3.8) is 0 Å². The van der Waals surface area contributed by atoms with E-state index in [2.05, 4.69) is 4.98 Å². The molecule has 2 aromatic carbocycles. The van der Waals surface area contributed by atoms with Crippen LogP contribution in [0.15, 0.2) is 53.9 Å². The lowest BCUT2D eigenvalue weighted by molar-refractivity contribution is 0.0697. The van der Waals surface area contributed by atoms with Crippen molar-refractivity contribution < 1.29 is 14.7 Å². The molecule has 4 nitrogen and oxygen atoms in total. The van der Waals surface area contributed by atoms with E-state index in [1.54, 1.807) is 29.6 Å². The highest BCUT2D eigenvalue weighted by Gasteiger charge is 2.23. The summed E-state index contributed by atoms with van der Waals surface area (Å²) < 4.78 is 0.937. The number of hydrogen-bond donors (Lipinski definition) is 1. The average molecular weight is 414 g/mol. The SMILES string of the molecule is O=C(Cc1scc(-c2ccc(Cl)cc2)c1C(=O)O)c1nc2ccccc2s1. The number of aromatic carboxylic acids is 1. The minimum atomic E-state index is -1.05. The van der Waals surface area contributed by atoms with Crippen LogP contribution in [0.5, 0.6) is 0 Å². The quantitative estimate of drug-likeness (QED) is 0.420. The Labute approximate surface area is 167 Å². The van der Waals surface area contributed by atoms with E-state index in [9.17, 15) is 14.7 Å². The molecule has 0 aliphatic heterocycles. The number of carboxylic acid groups (broad SMARTS) is 1. The van der Waals surface area contributed by atoms with Crippen LogP contribution in [0.2, 0.25) is 5.02 Å². The molecule has 0 unspecified atom stereocenters. The minimum Gasteiger partial charge on any atom is -0.478 e. The average Bonchev–Trinajstić information content (AvgIpc) is 3.26. The Balaban J connectivity index is 1.68. The second-order valence-corrected chi connectivity index (χ2v) is 8.28. The van der Waals surface area contributed by atoms with Crippen LogP contribution in [0.3, 0.4) is 0 Å². The fourth-order valence-electron chi connectivity index (χ4n) is 2.82. The Hall–Kier alpha value is -2.54. The zero-order chi connectivity index (χ0) is 19.0. The van der Waals surface area contributed by atoms with Gasteiger partial charge < -0.3 is 5.11 Å². The zero-order valence-corrected chi connectivity index (χ0v) is 16.2. The largest absolute Gasteiger partial charge is 0.478 e. The lowest BCUT2D eigenvalue weighted by Gasteiger charge is -2.03. The normalized spacial score (nSPS) is 11.0. The first-order valence-electron chi connectivity index (χ1n) is 8.01. The van der Waals surface area contributed by atoms with Gasteiger partial charge in [0.15, 0.2) is 10.8 Å². The maximum atomic E-state index is 12.7. The molecule has 0 fully saturated rings. The van der Waals surface area contributed by atoms with Gasteiger partial charge >= 0.3 is 5.97 Å². The molecule has 0 amide bonds. The van der Waals surface area contributed by atoms with Crippen LogP contribution >= 0.6 is 34.3 Å². The first kappa shape index (κ1) is 17.9. The predicted octanol–water partition coefficient (Wildman–Crippen LogP) is 5.80. The van der Waals surface area contributed by atoms with Crippen LogP contribution in [0.4, 0.5) is 0 Å². The van der Waals surface area contributed by atoms with Gasteiger partial charge in [0.2, 0.25) is 0 Å². The van der Waals surface area contributed by atoms with E-state index in [-0.39, 0.29) is 17.8 Å². The van der Waals surface area contributed by atoms with Crippen molar-refractivity contribution >= 4 is 56.2 Å². The second-order valence-electron chi connectivity index (χ2n) is 5.85. The molecule has 0 aliphatic carbocycles. The van der Waals surface area contributed by atoms with Crippen molar-refractivity contribution in [1.82, 2.24) is 4.98 Å². The minimum absolute atomic E-state index is 0.0136. The molecule has 4 rings (SSSR count). The van der Waals surface area contributed by atoms with E-state index in [0.717, 1.165) is 15.8 Å². The molecular formula is C20H12ClNO3S2. The second kappa shape index (κ2) is 7.23. The molecule has 0 atom stereocenters. The van der Waals surface area contributed by atoms with Crippen LogP contribution in [0.1, 0.15) is 25.0 Å². The van der Waals surface area contributed by atoms with Gasteiger partial charge in [0, 0.05) is 21.9 Å². The zero-order valence-electron chi connectivity index (χ0n) is 13.8. The third-order valence-electron chi connectivity index (χ3n) is 4.09. The molecule has 0 saturated carbocycles. The van der Waals surface area contributed by atoms with E-state index in [4.69, 9.17) is 11.6 Å². The number of halogens is 1. The lowest BCUT2D eigenvalue weighted by atomic mass is 10.0. The molecule has 134 valence electrons. The summed E-state index contributed by atoms with van der Waals surface area (Å²) in [6.45, 7) is 0. The third kappa shape index (κ3) is 3.51. The molecule has 0 bridgehead atoms. The summed E-state index contributed by atoms with van der Waals surface area (Å²) in [5, 5.41) is 12.5. The molecule has 2 aromatic heterocycles. The number of aromatic nitrogens is 1. The Morgan fingerprint density at radius 1 is 1.07 bits per heavy atom. The van der Waals surface area contributed by atoms with Crippen LogP contribution in [0.25, 0.3) is 21.3 Å². The van der Waals surface area contributed by atoms with E-state index in [1.807, 2.05) is 24.3 Å². The summed E-state index contributed by atoms with van der Waals surface area (Å²) in [7, 11) is 0. The number of thiazole rings is 1. The summed E-state index contributed by atoms with van der Waals surface area (Å²) in [5.41, 5.74) is 2.29. The standard InChI is InChI=1S/C20H12ClNO3S2/c21-12-7-5-11(6-8-12)13-10-26-17(18(13)20(24)25)9-15(23)19-22-14-3-1-2-4-16(14)27-19/h1-8,10H,9H2,(H,24,25). The maximum Gasteiger partial charge on any atom is 0.337 e. The molecule has 4 aromatic rings. The van der Waals surface area contributed by atoms with Gasteiger partial charge in [-0.1, -0.05) is 35.9 Å². The topological polar surface area (TPSA) is 67.3 Å². The summed E-state index contributed by atoms with van der Waals surface area (Å²) in [4.78, 5) is 29.4. The number of benzene rings is 2. The molecule has 0 radical (unpaired) electrons. The monoisotopic (exact) mass is 413 g/mol. The van der Waals surface area contributed by atoms with Gasteiger partial charge in [-0.05, 0) is 35.2 Å². The number of Topliss-reactive ketones (excluding diaryl/α,β-unsaturated/α-hetero) is 1. The molecule has 0 saturated heterocycles. The predicted molar refractivity (Wildman–Crippen MR) is 109 cm³/mol. The van der Waals surface area contributed by atoms with E-state index in [0.29, 0.717) is 20.5 Å². The molecule has 2 heterocycles. The smallest absolute Gasteiger partial charge is 0.337 e. The van der Waals surface area contributed by atoms with Crippen molar-refractivity contribution in [3.05, 3.63) is 74.4 Å². The van der Waals surface area contributed by atoms with Crippen molar-refractivity contribution in [3.8, 4) is 11.1 Å². The van der Waals surface area contributed by atoms with Gasteiger partial charge in [0.25, 0.3) is 0 Å². The van der Waals surface area contributed by atoms with Gasteiger partial charge in [0.1, 0.15) is 0 Å². The molecule has 27 heavy (non-hydrogen) atoms. The van der Waals surface area contributed by atoms with Gasteiger partial charge in [-0.15, -0.1) is 22.7 Å². The molecular weight excluding hydrogens is 402 g/mol.